The van der Waals surface area contributed by atoms with E-state index in [0.29, 0.717) is 33.9 Å². The Bertz CT molecular complexity index is 784. The number of nitrogens with zero attached hydrogens (tertiary/aromatic N) is 1. The van der Waals surface area contributed by atoms with Crippen molar-refractivity contribution in [2.45, 2.75) is 19.8 Å². The van der Waals surface area contributed by atoms with Gasteiger partial charge in [-0.3, -0.25) is 0 Å². The number of aromatic hydroxyl groups is 2. The van der Waals surface area contributed by atoms with Gasteiger partial charge in [0, 0.05) is 17.2 Å². The van der Waals surface area contributed by atoms with Crippen LogP contribution in [-0.4, -0.2) is 22.7 Å². The lowest BCUT2D eigenvalue weighted by molar-refractivity contribution is 0.174. The third kappa shape index (κ3) is 2.63. The Kier molecular flexibility index (Phi) is 3.73. The average molecular weight is 314 g/mol. The quantitative estimate of drug-likeness (QED) is 0.460. The Hall–Kier alpha value is -2.89. The molecule has 0 atom stereocenters. The van der Waals surface area contributed by atoms with Crippen LogP contribution in [0, 0.1) is 0 Å². The van der Waals surface area contributed by atoms with E-state index in [-0.39, 0.29) is 24.2 Å². The monoisotopic (exact) mass is 314 g/mol. The summed E-state index contributed by atoms with van der Waals surface area (Å²) in [5.41, 5.74) is 2.25. The van der Waals surface area contributed by atoms with E-state index in [1.165, 1.54) is 6.07 Å². The number of fused-ring (bicyclic) bond motifs is 1. The maximum absolute atomic E-state index is 10.2. The molecule has 0 radical (unpaired) electrons. The van der Waals surface area contributed by atoms with Gasteiger partial charge in [0.15, 0.2) is 11.5 Å². The predicted octanol–water partition coefficient (Wildman–Crippen LogP) is 2.66. The van der Waals surface area contributed by atoms with Gasteiger partial charge in [-0.25, -0.2) is 0 Å². The second kappa shape index (κ2) is 5.72. The molecule has 0 aromatic heterocycles. The number of phenolic OH excluding ortho intramolecular Hbond substituents is 2. The summed E-state index contributed by atoms with van der Waals surface area (Å²) in [5.74, 6) is 6.86. The minimum atomic E-state index is -0.0891. The predicted molar refractivity (Wildman–Crippen MR) is 86.3 cm³/mol. The van der Waals surface area contributed by atoms with Crippen molar-refractivity contribution in [3.63, 3.8) is 0 Å². The molecule has 0 bridgehead atoms. The largest absolute Gasteiger partial charge is 0.508 e. The molecular weight excluding hydrogens is 296 g/mol. The smallest absolute Gasteiger partial charge is 0.231 e. The number of nitrogens with two attached hydrogens (primary N) is 1. The number of hydrazone groups is 1. The highest BCUT2D eigenvalue weighted by Gasteiger charge is 2.20. The van der Waals surface area contributed by atoms with E-state index in [1.54, 1.807) is 24.3 Å². The Labute approximate surface area is 133 Å². The second-order valence-electron chi connectivity index (χ2n) is 5.63. The van der Waals surface area contributed by atoms with Gasteiger partial charge in [0.25, 0.3) is 0 Å². The van der Waals surface area contributed by atoms with Crippen LogP contribution in [0.4, 0.5) is 0 Å². The molecule has 0 saturated carbocycles. The minimum Gasteiger partial charge on any atom is -0.508 e. The van der Waals surface area contributed by atoms with Crippen molar-refractivity contribution in [1.29, 1.82) is 0 Å². The Morgan fingerprint density at radius 2 is 1.83 bits per heavy atom. The molecular formula is C17H18N2O4. The van der Waals surface area contributed by atoms with E-state index in [0.717, 1.165) is 0 Å². The number of hydrogen-bond acceptors (Lipinski definition) is 6. The van der Waals surface area contributed by atoms with Crippen LogP contribution in [-0.2, 0) is 0 Å². The fraction of sp³-hybridized carbons (Fsp3) is 0.235. The molecule has 4 N–H and O–H groups in total. The van der Waals surface area contributed by atoms with Crippen molar-refractivity contribution in [3.8, 4) is 23.0 Å². The average Bonchev–Trinajstić information content (AvgIpc) is 2.97. The van der Waals surface area contributed by atoms with Crippen molar-refractivity contribution >= 4 is 5.71 Å². The van der Waals surface area contributed by atoms with Crippen LogP contribution < -0.4 is 15.3 Å². The van der Waals surface area contributed by atoms with Crippen LogP contribution in [0.1, 0.15) is 36.5 Å². The van der Waals surface area contributed by atoms with Crippen molar-refractivity contribution < 1.29 is 19.7 Å². The van der Waals surface area contributed by atoms with Crippen LogP contribution >= 0.6 is 0 Å². The van der Waals surface area contributed by atoms with E-state index < -0.39 is 0 Å². The van der Waals surface area contributed by atoms with E-state index >= 15 is 0 Å². The molecule has 1 aliphatic heterocycles. The van der Waals surface area contributed by atoms with Crippen LogP contribution in [0.5, 0.6) is 23.0 Å². The van der Waals surface area contributed by atoms with Gasteiger partial charge in [0.1, 0.15) is 17.2 Å². The Morgan fingerprint density at radius 1 is 1.09 bits per heavy atom. The summed E-state index contributed by atoms with van der Waals surface area (Å²) in [6, 6.07) is 8.33. The molecule has 0 fully saturated rings. The summed E-state index contributed by atoms with van der Waals surface area (Å²) in [5, 5.41) is 24.0. The van der Waals surface area contributed by atoms with Crippen molar-refractivity contribution in [2.24, 2.45) is 10.9 Å². The molecule has 3 rings (SSSR count). The van der Waals surface area contributed by atoms with E-state index in [1.807, 2.05) is 13.8 Å². The zero-order valence-corrected chi connectivity index (χ0v) is 12.9. The Balaban J connectivity index is 2.10. The molecule has 0 aliphatic carbocycles. The normalized spacial score (nSPS) is 13.6. The topological polar surface area (TPSA) is 97.3 Å². The molecule has 0 amide bonds. The number of phenols is 2. The first-order chi connectivity index (χ1) is 11.0. The summed E-state index contributed by atoms with van der Waals surface area (Å²) in [6.45, 7) is 4.08. The van der Waals surface area contributed by atoms with Crippen LogP contribution in [0.3, 0.4) is 0 Å². The van der Waals surface area contributed by atoms with Gasteiger partial charge in [-0.1, -0.05) is 13.8 Å². The number of rotatable bonds is 3. The van der Waals surface area contributed by atoms with Gasteiger partial charge < -0.3 is 25.5 Å². The van der Waals surface area contributed by atoms with E-state index in [2.05, 4.69) is 5.10 Å². The van der Waals surface area contributed by atoms with E-state index in [4.69, 9.17) is 15.3 Å². The number of ether oxygens (including phenoxy) is 2. The summed E-state index contributed by atoms with van der Waals surface area (Å²) in [4.78, 5) is 0. The van der Waals surface area contributed by atoms with E-state index in [9.17, 15) is 10.2 Å². The molecule has 0 unspecified atom stereocenters. The second-order valence-corrected chi connectivity index (χ2v) is 5.63. The van der Waals surface area contributed by atoms with Crippen LogP contribution in [0.25, 0.3) is 0 Å². The third-order valence-electron chi connectivity index (χ3n) is 3.80. The SMILES string of the molecule is CC(C)c1cc(/C(=N\N)c2ccc3c(c2)OCO3)c(O)cc1O. The molecule has 1 heterocycles. The number of hydrogen-bond donors (Lipinski definition) is 3. The molecule has 2 aromatic carbocycles. The molecule has 1 aliphatic rings. The van der Waals surface area contributed by atoms with Crippen LogP contribution in [0.2, 0.25) is 0 Å². The maximum atomic E-state index is 10.2. The zero-order chi connectivity index (χ0) is 16.6. The lowest BCUT2D eigenvalue weighted by Gasteiger charge is -2.14. The highest BCUT2D eigenvalue weighted by molar-refractivity contribution is 6.14. The summed E-state index contributed by atoms with van der Waals surface area (Å²) < 4.78 is 10.6. The molecule has 120 valence electrons. The molecule has 2 aromatic rings. The van der Waals surface area contributed by atoms with Gasteiger partial charge >= 0.3 is 0 Å². The molecule has 0 spiro atoms. The fourth-order valence-corrected chi connectivity index (χ4v) is 2.59. The standard InChI is InChI=1S/C17H18N2O4/c1-9(2)11-6-12(14(21)7-13(11)20)17(19-18)10-3-4-15-16(5-10)23-8-22-15/h3-7,9,20-21H,8,18H2,1-2H3/b19-17-. The van der Waals surface area contributed by atoms with Crippen molar-refractivity contribution in [1.82, 2.24) is 0 Å². The fourth-order valence-electron chi connectivity index (χ4n) is 2.59. The number of benzene rings is 2. The van der Waals surface area contributed by atoms with Crippen molar-refractivity contribution in [3.05, 3.63) is 47.0 Å². The van der Waals surface area contributed by atoms with Gasteiger partial charge in [0.2, 0.25) is 6.79 Å². The highest BCUT2D eigenvalue weighted by atomic mass is 16.7. The van der Waals surface area contributed by atoms with Crippen molar-refractivity contribution in [2.75, 3.05) is 6.79 Å². The van der Waals surface area contributed by atoms with Gasteiger partial charge in [-0.05, 0) is 35.7 Å². The third-order valence-corrected chi connectivity index (χ3v) is 3.80. The summed E-state index contributed by atoms with van der Waals surface area (Å²) in [6.07, 6.45) is 0. The minimum absolute atomic E-state index is 0.0447. The highest BCUT2D eigenvalue weighted by Crippen LogP contribution is 2.36. The molecule has 23 heavy (non-hydrogen) atoms. The first-order valence-corrected chi connectivity index (χ1v) is 7.25. The maximum Gasteiger partial charge on any atom is 0.231 e. The lowest BCUT2D eigenvalue weighted by atomic mass is 9.94. The summed E-state index contributed by atoms with van der Waals surface area (Å²) >= 11 is 0. The lowest BCUT2D eigenvalue weighted by Crippen LogP contribution is -2.08. The molecule has 6 nitrogen and oxygen atoms in total. The summed E-state index contributed by atoms with van der Waals surface area (Å²) in [7, 11) is 0. The van der Waals surface area contributed by atoms with Gasteiger partial charge in [-0.2, -0.15) is 5.10 Å². The zero-order valence-electron chi connectivity index (χ0n) is 12.9. The molecule has 0 saturated heterocycles. The van der Waals surface area contributed by atoms with Crippen LogP contribution in [0.15, 0.2) is 35.4 Å². The van der Waals surface area contributed by atoms with Gasteiger partial charge in [0.05, 0.1) is 0 Å². The first kappa shape index (κ1) is 15.0. The Morgan fingerprint density at radius 3 is 2.52 bits per heavy atom. The first-order valence-electron chi connectivity index (χ1n) is 7.25. The van der Waals surface area contributed by atoms with Gasteiger partial charge in [-0.15, -0.1) is 0 Å². The molecule has 6 heteroatoms.